The molecule has 0 radical (unpaired) electrons. The fourth-order valence-corrected chi connectivity index (χ4v) is 3.86. The Labute approximate surface area is 190 Å². The number of ketones is 1. The second kappa shape index (κ2) is 9.73. The van der Waals surface area contributed by atoms with Gasteiger partial charge in [-0.25, -0.2) is 4.39 Å². The molecule has 0 saturated carbocycles. The zero-order valence-electron chi connectivity index (χ0n) is 18.2. The third kappa shape index (κ3) is 4.53. The van der Waals surface area contributed by atoms with Gasteiger partial charge in [-0.2, -0.15) is 0 Å². The van der Waals surface area contributed by atoms with Gasteiger partial charge in [-0.05, 0) is 36.8 Å². The van der Waals surface area contributed by atoms with Crippen molar-refractivity contribution >= 4 is 17.4 Å². The Morgan fingerprint density at radius 3 is 2.67 bits per heavy atom. The second-order valence-corrected chi connectivity index (χ2v) is 7.76. The van der Waals surface area contributed by atoms with Gasteiger partial charge in [0.15, 0.2) is 0 Å². The Bertz CT molecular complexity index is 1180. The smallest absolute Gasteiger partial charge is 0.296 e. The maximum absolute atomic E-state index is 14.8. The van der Waals surface area contributed by atoms with Crippen LogP contribution in [0.4, 0.5) is 4.39 Å². The van der Waals surface area contributed by atoms with Gasteiger partial charge < -0.3 is 19.2 Å². The van der Waals surface area contributed by atoms with Crippen molar-refractivity contribution in [3.05, 3.63) is 95.2 Å². The molecule has 0 bridgehead atoms. The number of carbonyl (C=O) groups is 2. The van der Waals surface area contributed by atoms with Gasteiger partial charge >= 0.3 is 0 Å². The number of unbranched alkanes of at least 4 members (excludes halogenated alkanes) is 1. The van der Waals surface area contributed by atoms with Crippen molar-refractivity contribution in [3.8, 4) is 5.75 Å². The van der Waals surface area contributed by atoms with Gasteiger partial charge in [-0.1, -0.05) is 43.7 Å². The maximum atomic E-state index is 14.8. The van der Waals surface area contributed by atoms with Crippen LogP contribution in [0.1, 0.15) is 42.7 Å². The molecule has 1 N–H and O–H groups in total. The number of benzene rings is 2. The largest absolute Gasteiger partial charge is 0.507 e. The maximum Gasteiger partial charge on any atom is 0.296 e. The Morgan fingerprint density at radius 2 is 1.94 bits per heavy atom. The van der Waals surface area contributed by atoms with E-state index in [9.17, 15) is 19.1 Å². The fraction of sp³-hybridized carbons (Fsp3) is 0.231. The van der Waals surface area contributed by atoms with Crippen LogP contribution in [0.3, 0.4) is 0 Å². The van der Waals surface area contributed by atoms with Crippen LogP contribution in [-0.2, 0) is 16.1 Å². The standard InChI is InChI=1S/C26H24FNO5/c1-2-3-13-32-18-9-6-8-17(15-18)24(29)22-23(20-11-4-5-12-21(20)27)28(26(31)25(22)30)16-19-10-7-14-33-19/h4-12,14-15,23,29H,2-3,13,16H2,1H3/b24-22+. The van der Waals surface area contributed by atoms with Crippen LogP contribution < -0.4 is 4.74 Å². The second-order valence-electron chi connectivity index (χ2n) is 7.76. The number of halogens is 1. The highest BCUT2D eigenvalue weighted by atomic mass is 19.1. The van der Waals surface area contributed by atoms with Crippen molar-refractivity contribution in [2.75, 3.05) is 6.61 Å². The first-order valence-corrected chi connectivity index (χ1v) is 10.8. The number of nitrogens with zero attached hydrogens (tertiary/aromatic N) is 1. The minimum absolute atomic E-state index is 0.0481. The van der Waals surface area contributed by atoms with Crippen LogP contribution in [0.5, 0.6) is 5.75 Å². The molecule has 1 amide bonds. The van der Waals surface area contributed by atoms with Crippen LogP contribution >= 0.6 is 0 Å². The molecule has 6 nitrogen and oxygen atoms in total. The van der Waals surface area contributed by atoms with Crippen molar-refractivity contribution in [1.82, 2.24) is 4.90 Å². The molecule has 4 rings (SSSR count). The van der Waals surface area contributed by atoms with Gasteiger partial charge in [0.1, 0.15) is 23.1 Å². The summed E-state index contributed by atoms with van der Waals surface area (Å²) in [6.45, 7) is 2.52. The van der Waals surface area contributed by atoms with Gasteiger partial charge in [-0.15, -0.1) is 0 Å². The Morgan fingerprint density at radius 1 is 1.12 bits per heavy atom. The number of aliphatic hydroxyl groups excluding tert-OH is 1. The minimum Gasteiger partial charge on any atom is -0.507 e. The third-order valence-electron chi connectivity index (χ3n) is 5.52. The summed E-state index contributed by atoms with van der Waals surface area (Å²) < 4.78 is 25.9. The normalized spacial score (nSPS) is 17.5. The molecule has 1 aliphatic heterocycles. The number of rotatable bonds is 8. The predicted molar refractivity (Wildman–Crippen MR) is 120 cm³/mol. The molecular formula is C26H24FNO5. The summed E-state index contributed by atoms with van der Waals surface area (Å²) in [7, 11) is 0. The van der Waals surface area contributed by atoms with Crippen molar-refractivity contribution in [2.24, 2.45) is 0 Å². The quantitative estimate of drug-likeness (QED) is 0.221. The lowest BCUT2D eigenvalue weighted by molar-refractivity contribution is -0.140. The average molecular weight is 449 g/mol. The van der Waals surface area contributed by atoms with Crippen LogP contribution in [0.15, 0.2) is 76.9 Å². The molecule has 7 heteroatoms. The van der Waals surface area contributed by atoms with Gasteiger partial charge in [0.2, 0.25) is 0 Å². The molecule has 0 spiro atoms. The monoisotopic (exact) mass is 449 g/mol. The van der Waals surface area contributed by atoms with E-state index in [1.807, 2.05) is 0 Å². The Hall–Kier alpha value is -3.87. The SMILES string of the molecule is CCCCOc1cccc(/C(O)=C2\C(=O)C(=O)N(Cc3ccco3)C2c2ccccc2F)c1. The van der Waals surface area contributed by atoms with Crippen molar-refractivity contribution in [2.45, 2.75) is 32.4 Å². The summed E-state index contributed by atoms with van der Waals surface area (Å²) in [6, 6.07) is 14.8. The molecule has 2 aromatic carbocycles. The number of amides is 1. The van der Waals surface area contributed by atoms with Crippen LogP contribution in [0, 0.1) is 5.82 Å². The molecule has 1 fully saturated rings. The van der Waals surface area contributed by atoms with Crippen molar-refractivity contribution in [3.63, 3.8) is 0 Å². The molecular weight excluding hydrogens is 425 g/mol. The first-order chi connectivity index (χ1) is 16.0. The lowest BCUT2D eigenvalue weighted by atomic mass is 9.95. The highest BCUT2D eigenvalue weighted by molar-refractivity contribution is 6.46. The first-order valence-electron chi connectivity index (χ1n) is 10.8. The number of aliphatic hydroxyl groups is 1. The molecule has 0 aliphatic carbocycles. The Kier molecular flexibility index (Phi) is 6.58. The Balaban J connectivity index is 1.80. The van der Waals surface area contributed by atoms with E-state index in [0.29, 0.717) is 23.7 Å². The highest BCUT2D eigenvalue weighted by Gasteiger charge is 2.47. The fourth-order valence-electron chi connectivity index (χ4n) is 3.86. The van der Waals surface area contributed by atoms with E-state index in [1.54, 1.807) is 42.5 Å². The number of likely N-dealkylation sites (tertiary alicyclic amines) is 1. The van der Waals surface area contributed by atoms with E-state index in [4.69, 9.17) is 9.15 Å². The number of carbonyl (C=O) groups excluding carboxylic acids is 2. The van der Waals surface area contributed by atoms with E-state index in [-0.39, 0.29) is 23.4 Å². The number of furan rings is 1. The molecule has 1 unspecified atom stereocenters. The van der Waals surface area contributed by atoms with E-state index in [1.165, 1.54) is 29.4 Å². The lowest BCUT2D eigenvalue weighted by Gasteiger charge is -2.24. The minimum atomic E-state index is -1.11. The summed E-state index contributed by atoms with van der Waals surface area (Å²) in [5, 5.41) is 11.1. The highest BCUT2D eigenvalue weighted by Crippen LogP contribution is 2.41. The predicted octanol–water partition coefficient (Wildman–Crippen LogP) is 5.22. The van der Waals surface area contributed by atoms with Crippen LogP contribution in [0.2, 0.25) is 0 Å². The zero-order valence-corrected chi connectivity index (χ0v) is 18.2. The van der Waals surface area contributed by atoms with Crippen molar-refractivity contribution in [1.29, 1.82) is 0 Å². The molecule has 2 heterocycles. The van der Waals surface area contributed by atoms with Crippen LogP contribution in [-0.4, -0.2) is 28.3 Å². The van der Waals surface area contributed by atoms with E-state index < -0.39 is 23.5 Å². The van der Waals surface area contributed by atoms with E-state index in [2.05, 4.69) is 6.92 Å². The summed E-state index contributed by atoms with van der Waals surface area (Å²) in [6.07, 6.45) is 3.30. The summed E-state index contributed by atoms with van der Waals surface area (Å²) in [5.41, 5.74) is 0.240. The van der Waals surface area contributed by atoms with Gasteiger partial charge in [0.05, 0.1) is 31.0 Å². The molecule has 170 valence electrons. The molecule has 33 heavy (non-hydrogen) atoms. The number of hydrogen-bond acceptors (Lipinski definition) is 5. The molecule has 1 aromatic heterocycles. The molecule has 1 aliphatic rings. The molecule has 3 aromatic rings. The summed E-state index contributed by atoms with van der Waals surface area (Å²) in [5.74, 6) is -1.73. The molecule has 1 atom stereocenters. The number of hydrogen-bond donors (Lipinski definition) is 1. The van der Waals surface area contributed by atoms with E-state index >= 15 is 0 Å². The number of Topliss-reactive ketones (excluding diaryl/α,β-unsaturated/α-hetero) is 1. The van der Waals surface area contributed by atoms with Crippen LogP contribution in [0.25, 0.3) is 5.76 Å². The average Bonchev–Trinajstić information content (AvgIpc) is 3.42. The van der Waals surface area contributed by atoms with Gasteiger partial charge in [-0.3, -0.25) is 9.59 Å². The lowest BCUT2D eigenvalue weighted by Crippen LogP contribution is -2.29. The third-order valence-corrected chi connectivity index (χ3v) is 5.52. The van der Waals surface area contributed by atoms with E-state index in [0.717, 1.165) is 12.8 Å². The van der Waals surface area contributed by atoms with Gasteiger partial charge in [0.25, 0.3) is 11.7 Å². The summed E-state index contributed by atoms with van der Waals surface area (Å²) in [4.78, 5) is 27.2. The number of ether oxygens (including phenoxy) is 1. The van der Waals surface area contributed by atoms with Crippen molar-refractivity contribution < 1.29 is 28.2 Å². The molecule has 1 saturated heterocycles. The summed E-state index contributed by atoms with van der Waals surface area (Å²) >= 11 is 0. The first kappa shape index (κ1) is 22.3. The topological polar surface area (TPSA) is 80.0 Å². The zero-order chi connectivity index (χ0) is 23.4. The van der Waals surface area contributed by atoms with Gasteiger partial charge in [0, 0.05) is 11.1 Å².